The summed E-state index contributed by atoms with van der Waals surface area (Å²) in [6.45, 7) is 0.536. The lowest BCUT2D eigenvalue weighted by atomic mass is 10.3. The summed E-state index contributed by atoms with van der Waals surface area (Å²) in [4.78, 5) is 12.4. The van der Waals surface area contributed by atoms with E-state index in [-0.39, 0.29) is 11.7 Å². The van der Waals surface area contributed by atoms with Crippen LogP contribution < -0.4 is 5.32 Å². The number of anilines is 1. The van der Waals surface area contributed by atoms with Gasteiger partial charge in [-0.25, -0.2) is 0 Å². The molecule has 0 unspecified atom stereocenters. The first-order valence-electron chi connectivity index (χ1n) is 8.54. The van der Waals surface area contributed by atoms with Crippen LogP contribution >= 0.6 is 46.6 Å². The maximum absolute atomic E-state index is 12.4. The smallest absolute Gasteiger partial charge is 0.234 e. The number of rotatable bonds is 7. The van der Waals surface area contributed by atoms with E-state index < -0.39 is 0 Å². The summed E-state index contributed by atoms with van der Waals surface area (Å²) < 4.78 is 7.47. The van der Waals surface area contributed by atoms with Crippen LogP contribution in [0.15, 0.2) is 40.1 Å². The van der Waals surface area contributed by atoms with E-state index in [4.69, 9.17) is 39.2 Å². The Morgan fingerprint density at radius 2 is 2.00 bits per heavy atom. The molecule has 28 heavy (non-hydrogen) atoms. The van der Waals surface area contributed by atoms with Gasteiger partial charge in [-0.05, 0) is 37.1 Å². The quantitative estimate of drug-likeness (QED) is 0.375. The van der Waals surface area contributed by atoms with Crippen molar-refractivity contribution in [2.75, 3.05) is 11.1 Å². The van der Waals surface area contributed by atoms with Crippen molar-refractivity contribution in [2.45, 2.75) is 30.5 Å². The average Bonchev–Trinajstić information content (AvgIpc) is 3.22. The van der Waals surface area contributed by atoms with Gasteiger partial charge in [0, 0.05) is 5.92 Å². The summed E-state index contributed by atoms with van der Waals surface area (Å²) in [5, 5.41) is 13.0. The number of hydrogen-bond acceptors (Lipinski definition) is 5. The first-order chi connectivity index (χ1) is 13.5. The Hall–Kier alpha value is -1.67. The van der Waals surface area contributed by atoms with Crippen LogP contribution in [-0.2, 0) is 11.3 Å². The van der Waals surface area contributed by atoms with E-state index >= 15 is 0 Å². The Balaban J connectivity index is 1.44. The van der Waals surface area contributed by atoms with Crippen LogP contribution in [0.3, 0.4) is 0 Å². The Kier molecular flexibility index (Phi) is 5.87. The number of nitrogens with zero attached hydrogens (tertiary/aromatic N) is 3. The fraction of sp³-hybridized carbons (Fsp3) is 0.278. The van der Waals surface area contributed by atoms with E-state index in [1.807, 2.05) is 16.7 Å². The van der Waals surface area contributed by atoms with Crippen molar-refractivity contribution in [1.82, 2.24) is 14.8 Å². The third-order valence-corrected chi connectivity index (χ3v) is 6.20. The summed E-state index contributed by atoms with van der Waals surface area (Å²) in [5.41, 5.74) is 0.414. The highest BCUT2D eigenvalue weighted by Crippen LogP contribution is 2.40. The zero-order chi connectivity index (χ0) is 19.7. The summed E-state index contributed by atoms with van der Waals surface area (Å²) in [6, 6.07) is 6.78. The van der Waals surface area contributed by atoms with Crippen molar-refractivity contribution in [3.05, 3.63) is 57.2 Å². The predicted octanol–water partition coefficient (Wildman–Crippen LogP) is 5.49. The predicted molar refractivity (Wildman–Crippen MR) is 111 cm³/mol. The summed E-state index contributed by atoms with van der Waals surface area (Å²) in [6.07, 6.45) is 3.85. The minimum absolute atomic E-state index is 0.150. The molecule has 1 aliphatic rings. The Morgan fingerprint density at radius 1 is 1.21 bits per heavy atom. The first-order valence-corrected chi connectivity index (χ1v) is 10.7. The molecular formula is C18H15Cl3N4O2S. The third-order valence-electron chi connectivity index (χ3n) is 4.20. The van der Waals surface area contributed by atoms with Crippen molar-refractivity contribution in [1.29, 1.82) is 0 Å². The molecule has 1 fully saturated rings. The van der Waals surface area contributed by atoms with Gasteiger partial charge in [-0.2, -0.15) is 0 Å². The number of aromatic nitrogens is 3. The lowest BCUT2D eigenvalue weighted by Crippen LogP contribution is -2.15. The molecule has 146 valence electrons. The number of carbonyl (C=O) groups excluding carboxylic acids is 1. The fourth-order valence-electron chi connectivity index (χ4n) is 2.69. The highest BCUT2D eigenvalue weighted by Gasteiger charge is 2.30. The molecule has 2 heterocycles. The van der Waals surface area contributed by atoms with Gasteiger partial charge in [-0.1, -0.05) is 46.6 Å². The molecule has 1 saturated carbocycles. The standard InChI is InChI=1S/C18H15Cl3N4O2S/c19-12-6-14(21)15(7-13(12)20)22-16(26)9-28-18-24-23-17(10-3-4-10)25(18)8-11-2-1-5-27-11/h1-2,5-7,10H,3-4,8-9H2,(H,22,26). The zero-order valence-electron chi connectivity index (χ0n) is 14.5. The van der Waals surface area contributed by atoms with E-state index in [1.165, 1.54) is 23.9 Å². The molecule has 6 nitrogen and oxygen atoms in total. The second-order valence-electron chi connectivity index (χ2n) is 6.36. The first kappa shape index (κ1) is 19.6. The molecule has 1 amide bonds. The molecule has 1 aliphatic carbocycles. The van der Waals surface area contributed by atoms with E-state index in [0.29, 0.717) is 38.4 Å². The van der Waals surface area contributed by atoms with E-state index in [0.717, 1.165) is 24.4 Å². The number of thioether (sulfide) groups is 1. The second kappa shape index (κ2) is 8.37. The van der Waals surface area contributed by atoms with Crippen LogP contribution in [0.2, 0.25) is 15.1 Å². The summed E-state index contributed by atoms with van der Waals surface area (Å²) in [7, 11) is 0. The van der Waals surface area contributed by atoms with Crippen LogP contribution in [0.4, 0.5) is 5.69 Å². The zero-order valence-corrected chi connectivity index (χ0v) is 17.6. The molecule has 3 aromatic rings. The molecule has 2 aromatic heterocycles. The van der Waals surface area contributed by atoms with Gasteiger partial charge < -0.3 is 9.73 Å². The van der Waals surface area contributed by atoms with Crippen LogP contribution in [0, 0.1) is 0 Å². The number of halogens is 3. The molecule has 0 atom stereocenters. The number of nitrogens with one attached hydrogen (secondary N) is 1. The van der Waals surface area contributed by atoms with Gasteiger partial charge in [0.25, 0.3) is 0 Å². The van der Waals surface area contributed by atoms with Gasteiger partial charge in [0.2, 0.25) is 5.91 Å². The molecule has 0 spiro atoms. The van der Waals surface area contributed by atoms with Gasteiger partial charge in [-0.3, -0.25) is 9.36 Å². The van der Waals surface area contributed by atoms with Crippen LogP contribution in [-0.4, -0.2) is 26.4 Å². The fourth-order valence-corrected chi connectivity index (χ4v) is 4.03. The second-order valence-corrected chi connectivity index (χ2v) is 8.53. The SMILES string of the molecule is O=C(CSc1nnc(C2CC2)n1Cc1ccco1)Nc1cc(Cl)c(Cl)cc1Cl. The Labute approximate surface area is 180 Å². The van der Waals surface area contributed by atoms with Crippen molar-refractivity contribution < 1.29 is 9.21 Å². The van der Waals surface area contributed by atoms with Gasteiger partial charge in [0.05, 0.1) is 39.3 Å². The lowest BCUT2D eigenvalue weighted by Gasteiger charge is -2.10. The maximum atomic E-state index is 12.4. The third kappa shape index (κ3) is 4.49. The molecular weight excluding hydrogens is 443 g/mol. The Bertz CT molecular complexity index is 1000. The van der Waals surface area contributed by atoms with E-state index in [9.17, 15) is 4.79 Å². The van der Waals surface area contributed by atoms with Crippen LogP contribution in [0.25, 0.3) is 0 Å². The number of carbonyl (C=O) groups is 1. The Morgan fingerprint density at radius 3 is 2.71 bits per heavy atom. The highest BCUT2D eigenvalue weighted by molar-refractivity contribution is 7.99. The van der Waals surface area contributed by atoms with E-state index in [1.54, 1.807) is 6.26 Å². The minimum atomic E-state index is -0.231. The molecule has 0 radical (unpaired) electrons. The van der Waals surface area contributed by atoms with Crippen molar-refractivity contribution in [2.24, 2.45) is 0 Å². The largest absolute Gasteiger partial charge is 0.467 e. The topological polar surface area (TPSA) is 73.0 Å². The molecule has 1 aromatic carbocycles. The number of benzene rings is 1. The molecule has 0 saturated heterocycles. The molecule has 0 bridgehead atoms. The monoisotopic (exact) mass is 456 g/mol. The number of amides is 1. The van der Waals surface area contributed by atoms with Crippen LogP contribution in [0.5, 0.6) is 0 Å². The number of furan rings is 1. The summed E-state index contributed by atoms with van der Waals surface area (Å²) >= 11 is 19.3. The normalized spacial score (nSPS) is 13.7. The maximum Gasteiger partial charge on any atom is 0.234 e. The van der Waals surface area contributed by atoms with Gasteiger partial charge >= 0.3 is 0 Å². The van der Waals surface area contributed by atoms with Gasteiger partial charge in [0.15, 0.2) is 5.16 Å². The van der Waals surface area contributed by atoms with E-state index in [2.05, 4.69) is 15.5 Å². The van der Waals surface area contributed by atoms with Crippen molar-refractivity contribution in [3.63, 3.8) is 0 Å². The molecule has 10 heteroatoms. The average molecular weight is 458 g/mol. The molecule has 1 N–H and O–H groups in total. The lowest BCUT2D eigenvalue weighted by molar-refractivity contribution is -0.113. The van der Waals surface area contributed by atoms with Crippen LogP contribution in [0.1, 0.15) is 30.3 Å². The minimum Gasteiger partial charge on any atom is -0.467 e. The highest BCUT2D eigenvalue weighted by atomic mass is 35.5. The van der Waals surface area contributed by atoms with Gasteiger partial charge in [-0.15, -0.1) is 10.2 Å². The molecule has 4 rings (SSSR count). The number of hydrogen-bond donors (Lipinski definition) is 1. The van der Waals surface area contributed by atoms with Crippen molar-refractivity contribution in [3.8, 4) is 0 Å². The summed E-state index contributed by atoms with van der Waals surface area (Å²) in [5.74, 6) is 2.10. The van der Waals surface area contributed by atoms with Gasteiger partial charge in [0.1, 0.15) is 11.6 Å². The molecule has 0 aliphatic heterocycles. The van der Waals surface area contributed by atoms with Crippen molar-refractivity contribution >= 4 is 58.2 Å².